The van der Waals surface area contributed by atoms with Gasteiger partial charge >= 0.3 is 0 Å². The van der Waals surface area contributed by atoms with Gasteiger partial charge in [-0.15, -0.1) is 0 Å². The Kier molecular flexibility index (Phi) is 5.93. The summed E-state index contributed by atoms with van der Waals surface area (Å²) in [5, 5.41) is 5.14. The third-order valence-corrected chi connectivity index (χ3v) is 2.15. The molecule has 1 aromatic rings. The van der Waals surface area contributed by atoms with E-state index in [-0.39, 0.29) is 18.2 Å². The van der Waals surface area contributed by atoms with Gasteiger partial charge in [0.15, 0.2) is 5.76 Å². The number of amides is 2. The van der Waals surface area contributed by atoms with Crippen molar-refractivity contribution in [2.75, 3.05) is 20.2 Å². The number of carbonyl (C=O) groups is 2. The number of rotatable bonds is 7. The Balaban J connectivity index is 2.37. The molecule has 0 atom stereocenters. The first kappa shape index (κ1) is 14.2. The Labute approximate surface area is 106 Å². The first-order valence-corrected chi connectivity index (χ1v) is 5.80. The molecule has 0 aromatic carbocycles. The number of hydrogen-bond donors (Lipinski definition) is 2. The lowest BCUT2D eigenvalue weighted by Crippen LogP contribution is -2.37. The van der Waals surface area contributed by atoms with E-state index in [9.17, 15) is 9.59 Å². The van der Waals surface area contributed by atoms with Crippen molar-refractivity contribution >= 4 is 11.8 Å². The first-order valence-electron chi connectivity index (χ1n) is 5.80. The normalized spacial score (nSPS) is 10.1. The molecule has 0 fully saturated rings. The van der Waals surface area contributed by atoms with Gasteiger partial charge in [0.2, 0.25) is 5.91 Å². The fourth-order valence-corrected chi connectivity index (χ4v) is 1.29. The highest BCUT2D eigenvalue weighted by Gasteiger charge is 2.12. The summed E-state index contributed by atoms with van der Waals surface area (Å²) in [6.07, 6.45) is 0.859. The Hall–Kier alpha value is -1.82. The van der Waals surface area contributed by atoms with Gasteiger partial charge < -0.3 is 19.8 Å². The van der Waals surface area contributed by atoms with Crippen LogP contribution in [0.15, 0.2) is 16.5 Å². The second-order valence-corrected chi connectivity index (χ2v) is 3.73. The predicted molar refractivity (Wildman–Crippen MR) is 65.1 cm³/mol. The molecule has 6 heteroatoms. The van der Waals surface area contributed by atoms with Crippen molar-refractivity contribution in [1.82, 2.24) is 10.6 Å². The van der Waals surface area contributed by atoms with E-state index in [1.807, 2.05) is 6.92 Å². The predicted octanol–water partition coefficient (Wildman–Crippen LogP) is 0.682. The van der Waals surface area contributed by atoms with Crippen molar-refractivity contribution in [3.05, 3.63) is 23.7 Å². The number of ether oxygens (including phenoxy) is 1. The summed E-state index contributed by atoms with van der Waals surface area (Å²) in [6.45, 7) is 2.82. The van der Waals surface area contributed by atoms with Crippen LogP contribution in [0.2, 0.25) is 0 Å². The summed E-state index contributed by atoms with van der Waals surface area (Å²) < 4.78 is 10.1. The van der Waals surface area contributed by atoms with E-state index in [0.29, 0.717) is 18.9 Å². The van der Waals surface area contributed by atoms with Crippen LogP contribution in [0.5, 0.6) is 0 Å². The average molecular weight is 254 g/mol. The molecule has 0 aliphatic heterocycles. The number of nitrogens with one attached hydrogen (secondary N) is 2. The van der Waals surface area contributed by atoms with Gasteiger partial charge in [-0.3, -0.25) is 9.59 Å². The molecule has 0 saturated heterocycles. The van der Waals surface area contributed by atoms with Crippen molar-refractivity contribution in [3.8, 4) is 0 Å². The van der Waals surface area contributed by atoms with E-state index in [0.717, 1.165) is 6.42 Å². The zero-order valence-corrected chi connectivity index (χ0v) is 10.6. The molecule has 1 aromatic heterocycles. The zero-order chi connectivity index (χ0) is 13.4. The molecule has 0 radical (unpaired) electrons. The highest BCUT2D eigenvalue weighted by atomic mass is 16.5. The molecule has 6 nitrogen and oxygen atoms in total. The van der Waals surface area contributed by atoms with Crippen LogP contribution in [0.3, 0.4) is 0 Å². The number of furan rings is 1. The highest BCUT2D eigenvalue weighted by Crippen LogP contribution is 2.08. The average Bonchev–Trinajstić information content (AvgIpc) is 2.82. The highest BCUT2D eigenvalue weighted by molar-refractivity contribution is 5.94. The van der Waals surface area contributed by atoms with Crippen molar-refractivity contribution < 1.29 is 18.7 Å². The standard InChI is InChI=1S/C12H18N2O4/c1-3-6-13-11(15)7-14-12(16)10-5-4-9(18-10)8-17-2/h4-5H,3,6-8H2,1-2H3,(H,13,15)(H,14,16). The summed E-state index contributed by atoms with van der Waals surface area (Å²) in [4.78, 5) is 22.9. The molecule has 0 spiro atoms. The van der Waals surface area contributed by atoms with Gasteiger partial charge in [0.1, 0.15) is 12.4 Å². The van der Waals surface area contributed by atoms with Gasteiger partial charge in [-0.1, -0.05) is 6.92 Å². The molecule has 0 aliphatic carbocycles. The van der Waals surface area contributed by atoms with E-state index in [1.165, 1.54) is 0 Å². The van der Waals surface area contributed by atoms with Crippen LogP contribution < -0.4 is 10.6 Å². The van der Waals surface area contributed by atoms with Crippen LogP contribution in [-0.4, -0.2) is 32.0 Å². The lowest BCUT2D eigenvalue weighted by molar-refractivity contribution is -0.120. The Bertz CT molecular complexity index is 401. The van der Waals surface area contributed by atoms with E-state index in [2.05, 4.69) is 10.6 Å². The molecule has 1 heterocycles. The minimum atomic E-state index is -0.413. The molecule has 0 aliphatic rings. The Morgan fingerprint density at radius 1 is 1.33 bits per heavy atom. The maximum Gasteiger partial charge on any atom is 0.287 e. The van der Waals surface area contributed by atoms with Crippen LogP contribution in [0, 0.1) is 0 Å². The van der Waals surface area contributed by atoms with E-state index in [4.69, 9.17) is 9.15 Å². The third kappa shape index (κ3) is 4.58. The molecule has 100 valence electrons. The van der Waals surface area contributed by atoms with Crippen LogP contribution >= 0.6 is 0 Å². The van der Waals surface area contributed by atoms with Gasteiger partial charge in [0.05, 0.1) is 6.54 Å². The maximum absolute atomic E-state index is 11.6. The van der Waals surface area contributed by atoms with Gasteiger partial charge in [0, 0.05) is 13.7 Å². The molecule has 2 N–H and O–H groups in total. The summed E-state index contributed by atoms with van der Waals surface area (Å²) in [5.41, 5.74) is 0. The molecule has 0 bridgehead atoms. The first-order chi connectivity index (χ1) is 8.67. The summed E-state index contributed by atoms with van der Waals surface area (Å²) >= 11 is 0. The second-order valence-electron chi connectivity index (χ2n) is 3.73. The quantitative estimate of drug-likeness (QED) is 0.750. The van der Waals surface area contributed by atoms with Gasteiger partial charge in [-0.05, 0) is 18.6 Å². The van der Waals surface area contributed by atoms with E-state index < -0.39 is 5.91 Å². The fourth-order valence-electron chi connectivity index (χ4n) is 1.29. The van der Waals surface area contributed by atoms with Gasteiger partial charge in [0.25, 0.3) is 5.91 Å². The van der Waals surface area contributed by atoms with Crippen LogP contribution in [-0.2, 0) is 16.1 Å². The largest absolute Gasteiger partial charge is 0.453 e. The van der Waals surface area contributed by atoms with Crippen molar-refractivity contribution in [2.24, 2.45) is 0 Å². The van der Waals surface area contributed by atoms with Crippen LogP contribution in [0.1, 0.15) is 29.7 Å². The number of methoxy groups -OCH3 is 1. The topological polar surface area (TPSA) is 80.6 Å². The molecule has 2 amide bonds. The van der Waals surface area contributed by atoms with Crippen molar-refractivity contribution in [3.63, 3.8) is 0 Å². The minimum absolute atomic E-state index is 0.0564. The van der Waals surface area contributed by atoms with Crippen LogP contribution in [0.25, 0.3) is 0 Å². The summed E-state index contributed by atoms with van der Waals surface area (Å²) in [5.74, 6) is 0.112. The maximum atomic E-state index is 11.6. The summed E-state index contributed by atoms with van der Waals surface area (Å²) in [6, 6.07) is 3.21. The van der Waals surface area contributed by atoms with E-state index >= 15 is 0 Å². The Morgan fingerprint density at radius 3 is 2.78 bits per heavy atom. The second kappa shape index (κ2) is 7.50. The zero-order valence-electron chi connectivity index (χ0n) is 10.6. The smallest absolute Gasteiger partial charge is 0.287 e. The Morgan fingerprint density at radius 2 is 2.11 bits per heavy atom. The molecule has 18 heavy (non-hydrogen) atoms. The fraction of sp³-hybridized carbons (Fsp3) is 0.500. The molecule has 0 unspecified atom stereocenters. The number of hydrogen-bond acceptors (Lipinski definition) is 4. The van der Waals surface area contributed by atoms with Crippen molar-refractivity contribution in [2.45, 2.75) is 20.0 Å². The lowest BCUT2D eigenvalue weighted by atomic mass is 10.4. The third-order valence-electron chi connectivity index (χ3n) is 2.15. The van der Waals surface area contributed by atoms with Crippen LogP contribution in [0.4, 0.5) is 0 Å². The molecule has 1 rings (SSSR count). The monoisotopic (exact) mass is 254 g/mol. The molecule has 0 saturated carbocycles. The number of carbonyl (C=O) groups excluding carboxylic acids is 2. The van der Waals surface area contributed by atoms with E-state index in [1.54, 1.807) is 19.2 Å². The molecular formula is C12H18N2O4. The molecular weight excluding hydrogens is 236 g/mol. The summed E-state index contributed by atoms with van der Waals surface area (Å²) in [7, 11) is 1.54. The lowest BCUT2D eigenvalue weighted by Gasteiger charge is -2.04. The van der Waals surface area contributed by atoms with Gasteiger partial charge in [-0.25, -0.2) is 0 Å². The van der Waals surface area contributed by atoms with Gasteiger partial charge in [-0.2, -0.15) is 0 Å². The SMILES string of the molecule is CCCNC(=O)CNC(=O)c1ccc(COC)o1. The minimum Gasteiger partial charge on any atom is -0.453 e. The van der Waals surface area contributed by atoms with Crippen molar-refractivity contribution in [1.29, 1.82) is 0 Å².